The van der Waals surface area contributed by atoms with Crippen LogP contribution in [0, 0.1) is 5.82 Å². The summed E-state index contributed by atoms with van der Waals surface area (Å²) in [6, 6.07) is 12.8. The lowest BCUT2D eigenvalue weighted by molar-refractivity contribution is 0.587. The predicted molar refractivity (Wildman–Crippen MR) is 126 cm³/mol. The highest BCUT2D eigenvalue weighted by atomic mass is 32.2. The van der Waals surface area contributed by atoms with Gasteiger partial charge in [0.05, 0.1) is 10.6 Å². The first-order chi connectivity index (χ1) is 15.4. The van der Waals surface area contributed by atoms with E-state index in [1.54, 1.807) is 24.4 Å². The monoisotopic (exact) mass is 458 g/mol. The molecule has 1 aromatic heterocycles. The van der Waals surface area contributed by atoms with Gasteiger partial charge in [0.1, 0.15) is 11.5 Å². The molecule has 8 heteroatoms. The van der Waals surface area contributed by atoms with Crippen LogP contribution in [0.2, 0.25) is 0 Å². The lowest BCUT2D eigenvalue weighted by atomic mass is 10.2. The summed E-state index contributed by atoms with van der Waals surface area (Å²) in [7, 11) is -3.93. The Bertz CT molecular complexity index is 1090. The largest absolute Gasteiger partial charge is 0.310 e. The van der Waals surface area contributed by atoms with Crippen molar-refractivity contribution < 1.29 is 12.8 Å². The van der Waals surface area contributed by atoms with Gasteiger partial charge in [0.25, 0.3) is 10.0 Å². The molecule has 1 fully saturated rings. The summed E-state index contributed by atoms with van der Waals surface area (Å²) in [4.78, 5) is -0.150. The van der Waals surface area contributed by atoms with Gasteiger partial charge < -0.3 is 5.32 Å². The second kappa shape index (κ2) is 11.2. The predicted octanol–water partition coefficient (Wildman–Crippen LogP) is 5.26. The van der Waals surface area contributed by atoms with Crippen molar-refractivity contribution in [3.63, 3.8) is 0 Å². The van der Waals surface area contributed by atoms with Crippen LogP contribution in [0.1, 0.15) is 51.5 Å². The standard InChI is InChI=1S/C19H21FN4O2S.C5H10/c1-14(2)21-13-15-6-3-4-7-18(15)23-27(25,26)16-8-9-19(17(20)12-16)24-11-5-10-22-24;1-2-4-5-3-1/h3-12,14,21,23H,13H2,1-2H3;1-5H2. The number of nitrogens with one attached hydrogen (secondary N) is 2. The van der Waals surface area contributed by atoms with Gasteiger partial charge in [0.15, 0.2) is 0 Å². The molecule has 0 saturated heterocycles. The van der Waals surface area contributed by atoms with Crippen molar-refractivity contribution in [2.75, 3.05) is 4.72 Å². The van der Waals surface area contributed by atoms with Gasteiger partial charge in [-0.1, -0.05) is 64.2 Å². The Morgan fingerprint density at radius 1 is 1.03 bits per heavy atom. The van der Waals surface area contributed by atoms with Gasteiger partial charge in [0, 0.05) is 25.0 Å². The Morgan fingerprint density at radius 2 is 1.72 bits per heavy atom. The molecule has 3 aromatic rings. The third-order valence-electron chi connectivity index (χ3n) is 5.19. The van der Waals surface area contributed by atoms with Crippen molar-refractivity contribution in [1.29, 1.82) is 0 Å². The molecule has 1 aliphatic carbocycles. The van der Waals surface area contributed by atoms with Crippen LogP contribution in [0.15, 0.2) is 65.8 Å². The summed E-state index contributed by atoms with van der Waals surface area (Å²) in [5, 5.41) is 7.21. The van der Waals surface area contributed by atoms with Crippen LogP contribution in [-0.2, 0) is 16.6 Å². The third-order valence-corrected chi connectivity index (χ3v) is 6.56. The quantitative estimate of drug-likeness (QED) is 0.506. The maximum atomic E-state index is 14.4. The Kier molecular flexibility index (Phi) is 8.41. The van der Waals surface area contributed by atoms with E-state index in [9.17, 15) is 12.8 Å². The van der Waals surface area contributed by atoms with E-state index in [2.05, 4.69) is 15.1 Å². The van der Waals surface area contributed by atoms with E-state index in [1.165, 1.54) is 55.1 Å². The van der Waals surface area contributed by atoms with Crippen molar-refractivity contribution in [3.8, 4) is 5.69 Å². The topological polar surface area (TPSA) is 76.0 Å². The minimum atomic E-state index is -3.93. The second-order valence-corrected chi connectivity index (χ2v) is 9.81. The fourth-order valence-electron chi connectivity index (χ4n) is 3.43. The van der Waals surface area contributed by atoms with Crippen molar-refractivity contribution in [1.82, 2.24) is 15.1 Å². The molecule has 2 aromatic carbocycles. The first-order valence-corrected chi connectivity index (χ1v) is 12.5. The van der Waals surface area contributed by atoms with Crippen LogP contribution in [0.3, 0.4) is 0 Å². The number of para-hydroxylation sites is 1. The molecule has 0 atom stereocenters. The van der Waals surface area contributed by atoms with Crippen LogP contribution in [-0.4, -0.2) is 24.2 Å². The highest BCUT2D eigenvalue weighted by Crippen LogP contribution is 2.23. The van der Waals surface area contributed by atoms with E-state index >= 15 is 0 Å². The molecular formula is C24H31FN4O2S. The smallest absolute Gasteiger partial charge is 0.262 e. The van der Waals surface area contributed by atoms with Gasteiger partial charge in [0.2, 0.25) is 0 Å². The molecule has 1 heterocycles. The number of hydrogen-bond donors (Lipinski definition) is 2. The van der Waals surface area contributed by atoms with Crippen molar-refractivity contribution in [2.45, 2.75) is 63.4 Å². The van der Waals surface area contributed by atoms with Gasteiger partial charge in [-0.3, -0.25) is 4.72 Å². The van der Waals surface area contributed by atoms with E-state index < -0.39 is 15.8 Å². The molecule has 0 amide bonds. The van der Waals surface area contributed by atoms with Crippen LogP contribution >= 0.6 is 0 Å². The van der Waals surface area contributed by atoms with E-state index in [4.69, 9.17) is 0 Å². The van der Waals surface area contributed by atoms with Crippen molar-refractivity contribution in [2.24, 2.45) is 0 Å². The maximum absolute atomic E-state index is 14.4. The van der Waals surface area contributed by atoms with E-state index in [0.717, 1.165) is 11.6 Å². The van der Waals surface area contributed by atoms with Crippen LogP contribution in [0.4, 0.5) is 10.1 Å². The van der Waals surface area contributed by atoms with Gasteiger partial charge >= 0.3 is 0 Å². The average Bonchev–Trinajstić information content (AvgIpc) is 3.49. The highest BCUT2D eigenvalue weighted by molar-refractivity contribution is 7.92. The Balaban J connectivity index is 0.000000509. The molecule has 172 valence electrons. The van der Waals surface area contributed by atoms with Crippen molar-refractivity contribution in [3.05, 3.63) is 72.3 Å². The number of benzene rings is 2. The van der Waals surface area contributed by atoms with Gasteiger partial charge in [-0.25, -0.2) is 17.5 Å². The number of anilines is 1. The van der Waals surface area contributed by atoms with Gasteiger partial charge in [-0.05, 0) is 35.9 Å². The molecular weight excluding hydrogens is 427 g/mol. The summed E-state index contributed by atoms with van der Waals surface area (Å²) < 4.78 is 43.7. The summed E-state index contributed by atoms with van der Waals surface area (Å²) in [6.07, 6.45) is 10.6. The molecule has 0 spiro atoms. The molecule has 6 nitrogen and oxygen atoms in total. The number of halogens is 1. The average molecular weight is 459 g/mol. The molecule has 32 heavy (non-hydrogen) atoms. The first kappa shape index (κ1) is 23.9. The summed E-state index contributed by atoms with van der Waals surface area (Å²) >= 11 is 0. The Morgan fingerprint density at radius 3 is 2.31 bits per heavy atom. The lowest BCUT2D eigenvalue weighted by Crippen LogP contribution is -2.23. The van der Waals surface area contributed by atoms with E-state index in [0.29, 0.717) is 12.2 Å². The van der Waals surface area contributed by atoms with Crippen LogP contribution in [0.25, 0.3) is 5.69 Å². The minimum Gasteiger partial charge on any atom is -0.310 e. The minimum absolute atomic E-state index is 0.150. The second-order valence-electron chi connectivity index (χ2n) is 8.13. The molecule has 0 aliphatic heterocycles. The number of nitrogens with zero attached hydrogens (tertiary/aromatic N) is 2. The molecule has 1 saturated carbocycles. The molecule has 0 unspecified atom stereocenters. The number of hydrogen-bond acceptors (Lipinski definition) is 4. The SMILES string of the molecule is C1CCCC1.CC(C)NCc1ccccc1NS(=O)(=O)c1ccc(-n2cccn2)c(F)c1. The van der Waals surface area contributed by atoms with Gasteiger partial charge in [-0.2, -0.15) is 5.10 Å². The zero-order chi connectivity index (χ0) is 23.0. The van der Waals surface area contributed by atoms with E-state index in [1.807, 2.05) is 26.0 Å². The number of rotatable bonds is 7. The number of sulfonamides is 1. The molecule has 0 bridgehead atoms. The number of aromatic nitrogens is 2. The highest BCUT2D eigenvalue weighted by Gasteiger charge is 2.18. The Hall–Kier alpha value is -2.71. The van der Waals surface area contributed by atoms with Crippen LogP contribution in [0.5, 0.6) is 0 Å². The third kappa shape index (κ3) is 6.64. The summed E-state index contributed by atoms with van der Waals surface area (Å²) in [5.74, 6) is -0.670. The fraction of sp³-hybridized carbons (Fsp3) is 0.375. The first-order valence-electron chi connectivity index (χ1n) is 11.0. The van der Waals surface area contributed by atoms with Crippen molar-refractivity contribution >= 4 is 15.7 Å². The van der Waals surface area contributed by atoms with Crippen LogP contribution < -0.4 is 10.0 Å². The van der Waals surface area contributed by atoms with E-state index in [-0.39, 0.29) is 16.6 Å². The molecule has 2 N–H and O–H groups in total. The molecule has 4 rings (SSSR count). The molecule has 1 aliphatic rings. The zero-order valence-electron chi connectivity index (χ0n) is 18.6. The fourth-order valence-corrected chi connectivity index (χ4v) is 4.54. The maximum Gasteiger partial charge on any atom is 0.262 e. The normalized spacial score (nSPS) is 13.6. The Labute approximate surface area is 189 Å². The lowest BCUT2D eigenvalue weighted by Gasteiger charge is -2.15. The molecule has 0 radical (unpaired) electrons. The summed E-state index contributed by atoms with van der Waals surface area (Å²) in [5.41, 5.74) is 1.45. The zero-order valence-corrected chi connectivity index (χ0v) is 19.4. The summed E-state index contributed by atoms with van der Waals surface area (Å²) in [6.45, 7) is 4.54. The van der Waals surface area contributed by atoms with Gasteiger partial charge in [-0.15, -0.1) is 0 Å².